The van der Waals surface area contributed by atoms with E-state index in [1.807, 2.05) is 27.9 Å². The summed E-state index contributed by atoms with van der Waals surface area (Å²) in [5.41, 5.74) is -0.590. The van der Waals surface area contributed by atoms with Gasteiger partial charge in [-0.25, -0.2) is 0 Å². The van der Waals surface area contributed by atoms with Gasteiger partial charge in [0.1, 0.15) is 5.54 Å². The van der Waals surface area contributed by atoms with Crippen LogP contribution >= 0.6 is 0 Å². The molecule has 90 valence electrons. The molecule has 4 heteroatoms. The van der Waals surface area contributed by atoms with Gasteiger partial charge in [0, 0.05) is 6.04 Å². The second-order valence-electron chi connectivity index (χ2n) is 4.37. The number of methoxy groups -OCH3 is 1. The number of carbonyl (C=O) groups is 1. The molecular weight excluding hydrogens is 192 g/mol. The number of ether oxygens (including phenoxy) is 1. The van der Waals surface area contributed by atoms with E-state index in [4.69, 9.17) is 4.74 Å². The molecule has 0 radical (unpaired) electrons. The highest BCUT2D eigenvalue weighted by molar-refractivity contribution is 5.80. The summed E-state index contributed by atoms with van der Waals surface area (Å²) >= 11 is 0. The van der Waals surface area contributed by atoms with Crippen molar-refractivity contribution in [1.29, 1.82) is 0 Å². The van der Waals surface area contributed by atoms with Crippen LogP contribution in [0.5, 0.6) is 0 Å². The van der Waals surface area contributed by atoms with Crippen LogP contribution in [0.25, 0.3) is 0 Å². The Morgan fingerprint density at radius 1 is 1.53 bits per heavy atom. The Labute approximate surface area is 93.0 Å². The topological polar surface area (TPSA) is 41.6 Å². The van der Waals surface area contributed by atoms with Crippen LogP contribution in [0.15, 0.2) is 0 Å². The van der Waals surface area contributed by atoms with Crippen LogP contribution in [0.2, 0.25) is 0 Å². The van der Waals surface area contributed by atoms with Crippen LogP contribution in [-0.2, 0) is 9.53 Å². The van der Waals surface area contributed by atoms with Crippen LogP contribution in [-0.4, -0.2) is 50.2 Å². The van der Waals surface area contributed by atoms with Crippen LogP contribution in [0.1, 0.15) is 27.2 Å². The molecule has 0 amide bonds. The second kappa shape index (κ2) is 6.08. The van der Waals surface area contributed by atoms with Crippen molar-refractivity contribution in [3.8, 4) is 0 Å². The Hall–Kier alpha value is -0.610. The average Bonchev–Trinajstić information content (AvgIpc) is 2.16. The van der Waals surface area contributed by atoms with Gasteiger partial charge >= 0.3 is 5.97 Å². The third-order valence-corrected chi connectivity index (χ3v) is 2.79. The number of nitrogens with zero attached hydrogens (tertiary/aromatic N) is 1. The van der Waals surface area contributed by atoms with Crippen LogP contribution in [0.4, 0.5) is 0 Å². The molecule has 0 aliphatic rings. The molecule has 1 N–H and O–H groups in total. The minimum Gasteiger partial charge on any atom is -0.468 e. The quantitative estimate of drug-likeness (QED) is 0.669. The fraction of sp³-hybridized carbons (Fsp3) is 0.909. The first-order valence-corrected chi connectivity index (χ1v) is 5.37. The van der Waals surface area contributed by atoms with Gasteiger partial charge in [0.15, 0.2) is 0 Å². The van der Waals surface area contributed by atoms with E-state index in [2.05, 4.69) is 17.1 Å². The maximum absolute atomic E-state index is 11.7. The van der Waals surface area contributed by atoms with Gasteiger partial charge in [0.2, 0.25) is 0 Å². The third kappa shape index (κ3) is 4.18. The molecule has 0 fully saturated rings. The molecule has 0 aliphatic heterocycles. The van der Waals surface area contributed by atoms with E-state index in [1.54, 1.807) is 0 Å². The van der Waals surface area contributed by atoms with E-state index < -0.39 is 5.54 Å². The van der Waals surface area contributed by atoms with Gasteiger partial charge in [-0.2, -0.15) is 0 Å². The Bertz CT molecular complexity index is 207. The maximum atomic E-state index is 11.7. The molecule has 0 spiro atoms. The predicted molar refractivity (Wildman–Crippen MR) is 61.9 cm³/mol. The Morgan fingerprint density at radius 2 is 2.07 bits per heavy atom. The van der Waals surface area contributed by atoms with Crippen molar-refractivity contribution in [3.05, 3.63) is 0 Å². The smallest absolute Gasteiger partial charge is 0.325 e. The number of rotatable bonds is 6. The SMILES string of the molecule is CCNC(C)(CC(C)N(C)C)C(=O)OC. The third-order valence-electron chi connectivity index (χ3n) is 2.79. The van der Waals surface area contributed by atoms with Gasteiger partial charge < -0.3 is 15.0 Å². The summed E-state index contributed by atoms with van der Waals surface area (Å²) in [4.78, 5) is 13.8. The van der Waals surface area contributed by atoms with Crippen molar-refractivity contribution in [2.75, 3.05) is 27.7 Å². The Morgan fingerprint density at radius 3 is 2.40 bits per heavy atom. The molecule has 0 saturated heterocycles. The van der Waals surface area contributed by atoms with Gasteiger partial charge in [0.25, 0.3) is 0 Å². The minimum absolute atomic E-state index is 0.196. The molecule has 2 atom stereocenters. The molecule has 0 aromatic rings. The zero-order valence-corrected chi connectivity index (χ0v) is 10.8. The highest BCUT2D eigenvalue weighted by atomic mass is 16.5. The summed E-state index contributed by atoms with van der Waals surface area (Å²) in [6.07, 6.45) is 0.737. The zero-order chi connectivity index (χ0) is 12.1. The highest BCUT2D eigenvalue weighted by Crippen LogP contribution is 2.16. The lowest BCUT2D eigenvalue weighted by Gasteiger charge is -2.32. The van der Waals surface area contributed by atoms with Crippen molar-refractivity contribution in [1.82, 2.24) is 10.2 Å². The minimum atomic E-state index is -0.590. The lowest BCUT2D eigenvalue weighted by molar-refractivity contribution is -0.148. The molecule has 2 unspecified atom stereocenters. The van der Waals surface area contributed by atoms with Crippen molar-refractivity contribution in [3.63, 3.8) is 0 Å². The molecule has 0 saturated carbocycles. The molecule has 15 heavy (non-hydrogen) atoms. The average molecular weight is 216 g/mol. The first-order chi connectivity index (χ1) is 6.87. The summed E-state index contributed by atoms with van der Waals surface area (Å²) in [7, 11) is 5.45. The van der Waals surface area contributed by atoms with E-state index in [-0.39, 0.29) is 5.97 Å². The Balaban J connectivity index is 4.57. The van der Waals surface area contributed by atoms with Gasteiger partial charge in [-0.3, -0.25) is 4.79 Å². The number of nitrogens with one attached hydrogen (secondary N) is 1. The van der Waals surface area contributed by atoms with Gasteiger partial charge in [0.05, 0.1) is 7.11 Å². The molecule has 0 rings (SSSR count). The summed E-state index contributed by atoms with van der Waals surface area (Å²) in [6.45, 7) is 6.73. The molecule has 0 aromatic heterocycles. The monoisotopic (exact) mass is 216 g/mol. The second-order valence-corrected chi connectivity index (χ2v) is 4.37. The Kier molecular flexibility index (Phi) is 5.83. The van der Waals surface area contributed by atoms with Crippen LogP contribution in [0.3, 0.4) is 0 Å². The van der Waals surface area contributed by atoms with Gasteiger partial charge in [-0.15, -0.1) is 0 Å². The fourth-order valence-corrected chi connectivity index (χ4v) is 1.62. The normalized spacial score (nSPS) is 17.3. The van der Waals surface area contributed by atoms with Gasteiger partial charge in [-0.05, 0) is 40.9 Å². The molecule has 0 heterocycles. The van der Waals surface area contributed by atoms with Crippen molar-refractivity contribution in [2.24, 2.45) is 0 Å². The first kappa shape index (κ1) is 14.4. The lowest BCUT2D eigenvalue weighted by atomic mass is 9.93. The predicted octanol–water partition coefficient (Wildman–Crippen LogP) is 0.868. The van der Waals surface area contributed by atoms with Crippen molar-refractivity contribution in [2.45, 2.75) is 38.8 Å². The summed E-state index contributed by atoms with van der Waals surface area (Å²) in [5, 5.41) is 3.19. The highest BCUT2D eigenvalue weighted by Gasteiger charge is 2.35. The van der Waals surface area contributed by atoms with Crippen molar-refractivity contribution < 1.29 is 9.53 Å². The van der Waals surface area contributed by atoms with Crippen LogP contribution < -0.4 is 5.32 Å². The van der Waals surface area contributed by atoms with Crippen molar-refractivity contribution >= 4 is 5.97 Å². The largest absolute Gasteiger partial charge is 0.468 e. The molecule has 0 aromatic carbocycles. The molecule has 0 bridgehead atoms. The van der Waals surface area contributed by atoms with E-state index in [0.717, 1.165) is 13.0 Å². The summed E-state index contributed by atoms with van der Waals surface area (Å²) in [6, 6.07) is 0.327. The van der Waals surface area contributed by atoms with E-state index >= 15 is 0 Å². The maximum Gasteiger partial charge on any atom is 0.325 e. The van der Waals surface area contributed by atoms with E-state index in [1.165, 1.54) is 7.11 Å². The number of carbonyl (C=O) groups excluding carboxylic acids is 1. The number of hydrogen-bond acceptors (Lipinski definition) is 4. The zero-order valence-electron chi connectivity index (χ0n) is 10.8. The number of likely N-dealkylation sites (N-methyl/N-ethyl adjacent to an activating group) is 1. The summed E-state index contributed by atoms with van der Waals surface area (Å²) in [5.74, 6) is -0.196. The van der Waals surface area contributed by atoms with E-state index in [0.29, 0.717) is 6.04 Å². The number of esters is 1. The first-order valence-electron chi connectivity index (χ1n) is 5.37. The van der Waals surface area contributed by atoms with E-state index in [9.17, 15) is 4.79 Å². The molecular formula is C11H24N2O2. The summed E-state index contributed by atoms with van der Waals surface area (Å²) < 4.78 is 4.83. The number of hydrogen-bond donors (Lipinski definition) is 1. The molecule has 0 aliphatic carbocycles. The molecule has 4 nitrogen and oxygen atoms in total. The fourth-order valence-electron chi connectivity index (χ4n) is 1.62. The lowest BCUT2D eigenvalue weighted by Crippen LogP contribution is -2.53. The standard InChI is InChI=1S/C11H24N2O2/c1-7-12-11(3,10(14)15-6)8-9(2)13(4)5/h9,12H,7-8H2,1-6H3. The van der Waals surface area contributed by atoms with Crippen LogP contribution in [0, 0.1) is 0 Å². The van der Waals surface area contributed by atoms with Gasteiger partial charge in [-0.1, -0.05) is 6.92 Å².